The van der Waals surface area contributed by atoms with E-state index in [0.29, 0.717) is 17.0 Å². The van der Waals surface area contributed by atoms with E-state index in [1.54, 1.807) is 53.4 Å². The minimum Gasteiger partial charge on any atom is -0.497 e. The van der Waals surface area contributed by atoms with Gasteiger partial charge in [0.25, 0.3) is 5.91 Å². The molecule has 0 saturated carbocycles. The van der Waals surface area contributed by atoms with Crippen LogP contribution in [0.3, 0.4) is 0 Å². The van der Waals surface area contributed by atoms with Crippen molar-refractivity contribution in [1.82, 2.24) is 0 Å². The molecule has 1 atom stereocenters. The zero-order valence-electron chi connectivity index (χ0n) is 14.4. The van der Waals surface area contributed by atoms with Crippen LogP contribution in [-0.2, 0) is 0 Å². The fourth-order valence-corrected chi connectivity index (χ4v) is 3.93. The van der Waals surface area contributed by atoms with Gasteiger partial charge in [-0.3, -0.25) is 4.79 Å². The Labute approximate surface area is 159 Å². The summed E-state index contributed by atoms with van der Waals surface area (Å²) in [7, 11) is 1.52. The number of ether oxygens (including phenoxy) is 1. The molecule has 0 aromatic heterocycles. The van der Waals surface area contributed by atoms with Crippen molar-refractivity contribution in [3.8, 4) is 5.75 Å². The van der Waals surface area contributed by atoms with Crippen LogP contribution in [0.5, 0.6) is 5.75 Å². The number of methoxy groups -OCH3 is 1. The van der Waals surface area contributed by atoms with Crippen molar-refractivity contribution in [3.63, 3.8) is 0 Å². The van der Waals surface area contributed by atoms with E-state index in [1.165, 1.54) is 7.11 Å². The molecule has 1 aliphatic rings. The van der Waals surface area contributed by atoms with E-state index in [1.807, 2.05) is 6.07 Å². The van der Waals surface area contributed by atoms with Crippen molar-refractivity contribution < 1.29 is 22.7 Å². The Balaban J connectivity index is 1.86. The molecule has 0 aliphatic carbocycles. The highest BCUT2D eigenvalue weighted by Gasteiger charge is 2.39. The number of alkyl halides is 3. The molecule has 0 radical (unpaired) electrons. The lowest BCUT2D eigenvalue weighted by Gasteiger charge is -2.18. The van der Waals surface area contributed by atoms with Gasteiger partial charge in [-0.05, 0) is 36.4 Å². The lowest BCUT2D eigenvalue weighted by atomic mass is 10.2. The number of rotatable bonds is 4. The lowest BCUT2D eigenvalue weighted by Crippen LogP contribution is -2.27. The van der Waals surface area contributed by atoms with Gasteiger partial charge in [0.15, 0.2) is 5.17 Å². The maximum absolute atomic E-state index is 12.8. The van der Waals surface area contributed by atoms with Gasteiger partial charge in [0.1, 0.15) is 5.75 Å². The number of carbonyl (C=O) groups is 1. The monoisotopic (exact) mass is 394 g/mol. The third-order valence-corrected chi connectivity index (χ3v) is 5.12. The highest BCUT2D eigenvalue weighted by atomic mass is 32.2. The molecule has 1 unspecified atom stereocenters. The highest BCUT2D eigenvalue weighted by molar-refractivity contribution is 8.15. The Bertz CT molecular complexity index is 823. The first-order valence-corrected chi connectivity index (χ1v) is 9.07. The standard InChI is InChI=1S/C19H17F3N2O2S/c1-26-15-9-7-13(8-10-15)17(25)23-18-24(14-5-3-2-4-6-14)12-16(27-18)11-19(20,21)22/h2-10,16H,11-12H2,1H3. The van der Waals surface area contributed by atoms with Crippen LogP contribution in [0.2, 0.25) is 0 Å². The van der Waals surface area contributed by atoms with Gasteiger partial charge in [0, 0.05) is 23.0 Å². The number of hydrogen-bond acceptors (Lipinski definition) is 3. The first-order chi connectivity index (χ1) is 12.9. The summed E-state index contributed by atoms with van der Waals surface area (Å²) in [6.07, 6.45) is -5.20. The van der Waals surface area contributed by atoms with Gasteiger partial charge >= 0.3 is 6.18 Å². The molecule has 0 spiro atoms. The molecule has 27 heavy (non-hydrogen) atoms. The third kappa shape index (κ3) is 5.03. The summed E-state index contributed by atoms with van der Waals surface area (Å²) < 4.78 is 43.5. The molecule has 1 heterocycles. The summed E-state index contributed by atoms with van der Waals surface area (Å²) in [5.74, 6) is 0.0966. The number of amidine groups is 1. The summed E-state index contributed by atoms with van der Waals surface area (Å²) in [5, 5.41) is -0.441. The highest BCUT2D eigenvalue weighted by Crippen LogP contribution is 2.37. The van der Waals surface area contributed by atoms with Crippen LogP contribution in [0.15, 0.2) is 59.6 Å². The van der Waals surface area contributed by atoms with E-state index in [0.717, 1.165) is 11.8 Å². The molecule has 0 bridgehead atoms. The SMILES string of the molecule is COc1ccc(C(=O)N=C2SC(CC(F)(F)F)CN2c2ccccc2)cc1. The summed E-state index contributed by atoms with van der Waals surface area (Å²) in [5.41, 5.74) is 1.05. The minimum absolute atomic E-state index is 0.142. The molecule has 1 fully saturated rings. The van der Waals surface area contributed by atoms with E-state index >= 15 is 0 Å². The topological polar surface area (TPSA) is 41.9 Å². The van der Waals surface area contributed by atoms with Crippen LogP contribution in [0.4, 0.5) is 18.9 Å². The first-order valence-electron chi connectivity index (χ1n) is 8.19. The van der Waals surface area contributed by atoms with E-state index in [2.05, 4.69) is 4.99 Å². The maximum Gasteiger partial charge on any atom is 0.390 e. The molecular weight excluding hydrogens is 377 g/mol. The van der Waals surface area contributed by atoms with Crippen LogP contribution < -0.4 is 9.64 Å². The van der Waals surface area contributed by atoms with Gasteiger partial charge in [-0.2, -0.15) is 18.2 Å². The van der Waals surface area contributed by atoms with Gasteiger partial charge in [-0.1, -0.05) is 30.0 Å². The van der Waals surface area contributed by atoms with E-state index in [4.69, 9.17) is 4.74 Å². The molecule has 1 aliphatic heterocycles. The summed E-state index contributed by atoms with van der Waals surface area (Å²) in [4.78, 5) is 18.2. The largest absolute Gasteiger partial charge is 0.497 e. The second kappa shape index (κ2) is 8.04. The van der Waals surface area contributed by atoms with E-state index < -0.39 is 23.8 Å². The number of halogens is 3. The van der Waals surface area contributed by atoms with Crippen LogP contribution >= 0.6 is 11.8 Å². The number of thioether (sulfide) groups is 1. The Morgan fingerprint density at radius 3 is 2.44 bits per heavy atom. The van der Waals surface area contributed by atoms with E-state index in [9.17, 15) is 18.0 Å². The second-order valence-corrected chi connectivity index (χ2v) is 7.20. The minimum atomic E-state index is -4.27. The van der Waals surface area contributed by atoms with Crippen molar-refractivity contribution in [2.75, 3.05) is 18.6 Å². The zero-order chi connectivity index (χ0) is 19.4. The third-order valence-electron chi connectivity index (χ3n) is 3.95. The lowest BCUT2D eigenvalue weighted by molar-refractivity contribution is -0.133. The number of anilines is 1. The van der Waals surface area contributed by atoms with Crippen LogP contribution in [0.25, 0.3) is 0 Å². The fraction of sp³-hybridized carbons (Fsp3) is 0.263. The van der Waals surface area contributed by atoms with Crippen molar-refractivity contribution in [2.24, 2.45) is 4.99 Å². The fourth-order valence-electron chi connectivity index (χ4n) is 2.69. The Hall–Kier alpha value is -2.48. The van der Waals surface area contributed by atoms with Gasteiger partial charge in [0.2, 0.25) is 0 Å². The van der Waals surface area contributed by atoms with Crippen LogP contribution in [0.1, 0.15) is 16.8 Å². The normalized spacial score (nSPS) is 18.7. The first kappa shape index (κ1) is 19.3. The molecule has 1 saturated heterocycles. The molecule has 0 N–H and O–H groups in total. The number of para-hydroxylation sites is 1. The zero-order valence-corrected chi connectivity index (χ0v) is 15.3. The average molecular weight is 394 g/mol. The molecule has 142 valence electrons. The van der Waals surface area contributed by atoms with Crippen molar-refractivity contribution in [3.05, 3.63) is 60.2 Å². The van der Waals surface area contributed by atoms with Crippen molar-refractivity contribution in [1.29, 1.82) is 0 Å². The molecule has 3 rings (SSSR count). The predicted octanol–water partition coefficient (Wildman–Crippen LogP) is 4.77. The number of nitrogens with zero attached hydrogens (tertiary/aromatic N) is 2. The number of amides is 1. The molecule has 8 heteroatoms. The van der Waals surface area contributed by atoms with Gasteiger partial charge in [-0.15, -0.1) is 0 Å². The number of aliphatic imine (C=N–C) groups is 1. The van der Waals surface area contributed by atoms with Gasteiger partial charge < -0.3 is 9.64 Å². The van der Waals surface area contributed by atoms with Crippen molar-refractivity contribution >= 4 is 28.5 Å². The summed E-state index contributed by atoms with van der Waals surface area (Å²) in [6.45, 7) is 0.142. The number of carbonyl (C=O) groups excluding carboxylic acids is 1. The molecule has 1 amide bonds. The summed E-state index contributed by atoms with van der Waals surface area (Å²) in [6, 6.07) is 15.4. The summed E-state index contributed by atoms with van der Waals surface area (Å²) >= 11 is 0.982. The molecule has 4 nitrogen and oxygen atoms in total. The van der Waals surface area contributed by atoms with Gasteiger partial charge in [0.05, 0.1) is 13.5 Å². The van der Waals surface area contributed by atoms with Gasteiger partial charge in [-0.25, -0.2) is 0 Å². The van der Waals surface area contributed by atoms with E-state index in [-0.39, 0.29) is 11.7 Å². The smallest absolute Gasteiger partial charge is 0.390 e. The Kier molecular flexibility index (Phi) is 5.74. The number of hydrogen-bond donors (Lipinski definition) is 0. The van der Waals surface area contributed by atoms with Crippen LogP contribution in [0, 0.1) is 0 Å². The number of benzene rings is 2. The second-order valence-electron chi connectivity index (χ2n) is 5.93. The molecule has 2 aromatic carbocycles. The van der Waals surface area contributed by atoms with Crippen LogP contribution in [-0.4, -0.2) is 36.2 Å². The predicted molar refractivity (Wildman–Crippen MR) is 101 cm³/mol. The Morgan fingerprint density at radius 1 is 1.19 bits per heavy atom. The maximum atomic E-state index is 12.8. The average Bonchev–Trinajstić information content (AvgIpc) is 3.02. The quantitative estimate of drug-likeness (QED) is 0.749. The molecular formula is C19H17F3N2O2S. The Morgan fingerprint density at radius 2 is 1.85 bits per heavy atom. The molecule has 2 aromatic rings. The van der Waals surface area contributed by atoms with Crippen molar-refractivity contribution in [2.45, 2.75) is 17.8 Å².